The molecule has 1 saturated heterocycles. The van der Waals surface area contributed by atoms with Crippen molar-refractivity contribution in [3.8, 4) is 0 Å². The molecule has 0 amide bonds. The standard InChI is InChI=1S/C14H15ClN8O/c1-9-7-21(11-6-10(15)18-14(24)19-11)4-5-23(9)12-13-20-17-8-22(13)3-2-16-12/h2-3,6,8-9H,4-5,7H2,1H3,(H,18,19,24). The number of hydrogen-bond acceptors (Lipinski definition) is 7. The molecule has 1 aliphatic rings. The van der Waals surface area contributed by atoms with Crippen LogP contribution in [0, 0.1) is 0 Å². The van der Waals surface area contributed by atoms with Crippen molar-refractivity contribution in [2.45, 2.75) is 13.0 Å². The molecule has 1 fully saturated rings. The summed E-state index contributed by atoms with van der Waals surface area (Å²) >= 11 is 5.92. The van der Waals surface area contributed by atoms with Crippen LogP contribution in [-0.2, 0) is 0 Å². The van der Waals surface area contributed by atoms with Crippen LogP contribution in [-0.4, -0.2) is 55.2 Å². The lowest BCUT2D eigenvalue weighted by atomic mass is 10.2. The van der Waals surface area contributed by atoms with Crippen molar-refractivity contribution >= 4 is 28.9 Å². The molecular weight excluding hydrogens is 332 g/mol. The third-order valence-electron chi connectivity index (χ3n) is 4.12. The summed E-state index contributed by atoms with van der Waals surface area (Å²) in [6.45, 7) is 4.23. The van der Waals surface area contributed by atoms with E-state index in [4.69, 9.17) is 11.6 Å². The molecule has 1 aliphatic heterocycles. The highest BCUT2D eigenvalue weighted by atomic mass is 35.5. The second-order valence-corrected chi connectivity index (χ2v) is 6.10. The zero-order chi connectivity index (χ0) is 16.7. The minimum atomic E-state index is -0.442. The first-order valence-corrected chi connectivity index (χ1v) is 7.92. The maximum Gasteiger partial charge on any atom is 0.348 e. The summed E-state index contributed by atoms with van der Waals surface area (Å²) < 4.78 is 1.85. The molecular formula is C14H15ClN8O. The van der Waals surface area contributed by atoms with Crippen molar-refractivity contribution in [1.82, 2.24) is 29.5 Å². The zero-order valence-corrected chi connectivity index (χ0v) is 13.7. The number of fused-ring (bicyclic) bond motifs is 1. The molecule has 1 unspecified atom stereocenters. The highest BCUT2D eigenvalue weighted by molar-refractivity contribution is 6.29. The Labute approximate surface area is 141 Å². The van der Waals surface area contributed by atoms with Crippen molar-refractivity contribution in [3.05, 3.63) is 40.4 Å². The molecule has 1 atom stereocenters. The van der Waals surface area contributed by atoms with Gasteiger partial charge in [0.25, 0.3) is 0 Å². The lowest BCUT2D eigenvalue weighted by Crippen LogP contribution is -2.53. The Kier molecular flexibility index (Phi) is 3.57. The Morgan fingerprint density at radius 2 is 2.25 bits per heavy atom. The molecule has 0 saturated carbocycles. The summed E-state index contributed by atoms with van der Waals surface area (Å²) in [6.07, 6.45) is 5.22. The van der Waals surface area contributed by atoms with Crippen LogP contribution < -0.4 is 15.5 Å². The average molecular weight is 347 g/mol. The molecule has 124 valence electrons. The van der Waals surface area contributed by atoms with Gasteiger partial charge in [0.15, 0.2) is 5.82 Å². The second-order valence-electron chi connectivity index (χ2n) is 5.69. The Morgan fingerprint density at radius 3 is 3.04 bits per heavy atom. The predicted octanol–water partition coefficient (Wildman–Crippen LogP) is 0.576. The van der Waals surface area contributed by atoms with E-state index < -0.39 is 5.69 Å². The largest absolute Gasteiger partial charge is 0.353 e. The average Bonchev–Trinajstić information content (AvgIpc) is 3.02. The fraction of sp³-hybridized carbons (Fsp3) is 0.357. The van der Waals surface area contributed by atoms with Crippen molar-refractivity contribution in [2.75, 3.05) is 29.4 Å². The monoisotopic (exact) mass is 346 g/mol. The van der Waals surface area contributed by atoms with E-state index in [0.717, 1.165) is 18.0 Å². The van der Waals surface area contributed by atoms with Crippen molar-refractivity contribution in [1.29, 1.82) is 0 Å². The van der Waals surface area contributed by atoms with Crippen molar-refractivity contribution < 1.29 is 0 Å². The van der Waals surface area contributed by atoms with Crippen molar-refractivity contribution in [2.24, 2.45) is 0 Å². The maximum absolute atomic E-state index is 11.5. The number of aromatic nitrogens is 6. The summed E-state index contributed by atoms with van der Waals surface area (Å²) in [5.74, 6) is 1.39. The number of nitrogens with one attached hydrogen (secondary N) is 1. The van der Waals surface area contributed by atoms with Crippen LogP contribution in [0.1, 0.15) is 6.92 Å². The molecule has 24 heavy (non-hydrogen) atoms. The third kappa shape index (κ3) is 2.56. The van der Waals surface area contributed by atoms with Gasteiger partial charge in [-0.25, -0.2) is 9.78 Å². The van der Waals surface area contributed by atoms with E-state index in [1.165, 1.54) is 0 Å². The van der Waals surface area contributed by atoms with Crippen LogP contribution >= 0.6 is 11.6 Å². The molecule has 0 aromatic carbocycles. The molecule has 4 heterocycles. The number of nitrogens with zero attached hydrogens (tertiary/aromatic N) is 7. The maximum atomic E-state index is 11.5. The van der Waals surface area contributed by atoms with E-state index in [9.17, 15) is 4.79 Å². The molecule has 9 nitrogen and oxygen atoms in total. The third-order valence-corrected chi connectivity index (χ3v) is 4.32. The Hall–Kier alpha value is -2.68. The van der Waals surface area contributed by atoms with Gasteiger partial charge in [-0.3, -0.25) is 9.38 Å². The summed E-state index contributed by atoms with van der Waals surface area (Å²) in [4.78, 5) is 26.7. The normalized spacial score (nSPS) is 18.3. The molecule has 10 heteroatoms. The van der Waals surface area contributed by atoms with Gasteiger partial charge < -0.3 is 9.80 Å². The van der Waals surface area contributed by atoms with E-state index >= 15 is 0 Å². The minimum Gasteiger partial charge on any atom is -0.353 e. The van der Waals surface area contributed by atoms with Gasteiger partial charge in [-0.05, 0) is 6.92 Å². The summed E-state index contributed by atoms with van der Waals surface area (Å²) in [6, 6.07) is 1.83. The number of anilines is 2. The molecule has 1 N–H and O–H groups in total. The molecule has 3 aromatic heterocycles. The first-order chi connectivity index (χ1) is 11.6. The fourth-order valence-electron chi connectivity index (χ4n) is 3.01. The highest BCUT2D eigenvalue weighted by Crippen LogP contribution is 2.24. The number of piperazine rings is 1. The molecule has 0 spiro atoms. The van der Waals surface area contributed by atoms with Crippen LogP contribution in [0.2, 0.25) is 5.15 Å². The van der Waals surface area contributed by atoms with Crippen LogP contribution in [0.3, 0.4) is 0 Å². The van der Waals surface area contributed by atoms with Gasteiger partial charge in [-0.1, -0.05) is 11.6 Å². The molecule has 4 rings (SSSR count). The molecule has 3 aromatic rings. The van der Waals surface area contributed by atoms with Crippen LogP contribution in [0.5, 0.6) is 0 Å². The van der Waals surface area contributed by atoms with Gasteiger partial charge in [-0.15, -0.1) is 10.2 Å². The molecule has 0 radical (unpaired) electrons. The number of H-pyrrole nitrogens is 1. The van der Waals surface area contributed by atoms with Crippen molar-refractivity contribution in [3.63, 3.8) is 0 Å². The molecule has 0 bridgehead atoms. The van der Waals surface area contributed by atoms with Crippen LogP contribution in [0.25, 0.3) is 5.65 Å². The van der Waals surface area contributed by atoms with Gasteiger partial charge in [0.1, 0.15) is 17.3 Å². The van der Waals surface area contributed by atoms with Gasteiger partial charge in [0, 0.05) is 44.1 Å². The number of rotatable bonds is 2. The van der Waals surface area contributed by atoms with E-state index in [-0.39, 0.29) is 11.2 Å². The van der Waals surface area contributed by atoms with Crippen LogP contribution in [0.4, 0.5) is 11.6 Å². The zero-order valence-electron chi connectivity index (χ0n) is 12.9. The Balaban J connectivity index is 1.61. The Bertz CT molecular complexity index is 938. The number of hydrogen-bond donors (Lipinski definition) is 1. The first kappa shape index (κ1) is 14.9. The van der Waals surface area contributed by atoms with Crippen LogP contribution in [0.15, 0.2) is 29.6 Å². The van der Waals surface area contributed by atoms with E-state index in [2.05, 4.69) is 37.0 Å². The lowest BCUT2D eigenvalue weighted by molar-refractivity contribution is 0.542. The Morgan fingerprint density at radius 1 is 1.38 bits per heavy atom. The van der Waals surface area contributed by atoms with E-state index in [0.29, 0.717) is 18.9 Å². The SMILES string of the molecule is CC1CN(c2cc(Cl)[nH]c(=O)n2)CCN1c1nccn2cnnc12. The predicted molar refractivity (Wildman–Crippen MR) is 89.7 cm³/mol. The van der Waals surface area contributed by atoms with E-state index in [1.54, 1.807) is 18.6 Å². The topological polar surface area (TPSA) is 95.3 Å². The van der Waals surface area contributed by atoms with E-state index in [1.807, 2.05) is 15.5 Å². The van der Waals surface area contributed by atoms with Gasteiger partial charge in [0.05, 0.1) is 0 Å². The summed E-state index contributed by atoms with van der Waals surface area (Å²) in [5, 5.41) is 8.37. The highest BCUT2D eigenvalue weighted by Gasteiger charge is 2.27. The summed E-state index contributed by atoms with van der Waals surface area (Å²) in [5.41, 5.74) is 0.289. The number of aromatic amines is 1. The minimum absolute atomic E-state index is 0.161. The lowest BCUT2D eigenvalue weighted by Gasteiger charge is -2.40. The second kappa shape index (κ2) is 5.75. The smallest absolute Gasteiger partial charge is 0.348 e. The van der Waals surface area contributed by atoms with Gasteiger partial charge in [0.2, 0.25) is 5.65 Å². The molecule has 0 aliphatic carbocycles. The first-order valence-electron chi connectivity index (χ1n) is 7.54. The number of halogens is 1. The van der Waals surface area contributed by atoms with Gasteiger partial charge in [-0.2, -0.15) is 4.98 Å². The fourth-order valence-corrected chi connectivity index (χ4v) is 3.18. The summed E-state index contributed by atoms with van der Waals surface area (Å²) in [7, 11) is 0. The van der Waals surface area contributed by atoms with Gasteiger partial charge >= 0.3 is 5.69 Å². The quantitative estimate of drug-likeness (QED) is 0.678.